The molecule has 0 spiro atoms. The van der Waals surface area contributed by atoms with Gasteiger partial charge >= 0.3 is 0 Å². The lowest BCUT2D eigenvalue weighted by molar-refractivity contribution is 0.305. The van der Waals surface area contributed by atoms with E-state index in [2.05, 4.69) is 32.8 Å². The summed E-state index contributed by atoms with van der Waals surface area (Å²) in [5.41, 5.74) is 3.41. The summed E-state index contributed by atoms with van der Waals surface area (Å²) in [5.74, 6) is 5.99. The molecule has 0 saturated carbocycles. The number of benzene rings is 3. The fourth-order valence-electron chi connectivity index (χ4n) is 4.38. The van der Waals surface area contributed by atoms with Crippen molar-refractivity contribution in [2.45, 2.75) is 19.2 Å². The van der Waals surface area contributed by atoms with Crippen molar-refractivity contribution < 1.29 is 13.5 Å². The van der Waals surface area contributed by atoms with E-state index in [0.29, 0.717) is 29.7 Å². The lowest BCUT2D eigenvalue weighted by Crippen LogP contribution is -2.23. The zero-order chi connectivity index (χ0) is 28.6. The molecule has 1 unspecified atom stereocenters. The van der Waals surface area contributed by atoms with Crippen LogP contribution in [0.5, 0.6) is 5.75 Å². The molecule has 0 fully saturated rings. The minimum Gasteiger partial charge on any atom is -0.487 e. The van der Waals surface area contributed by atoms with Crippen molar-refractivity contribution >= 4 is 40.1 Å². The third kappa shape index (κ3) is 7.19. The molecule has 0 aliphatic rings. The molecule has 0 bridgehead atoms. The van der Waals surface area contributed by atoms with Crippen molar-refractivity contribution in [3.05, 3.63) is 107 Å². The average Bonchev–Trinajstić information content (AvgIpc) is 3.48. The highest BCUT2D eigenvalue weighted by Gasteiger charge is 2.16. The number of halogens is 2. The number of aromatic nitrogens is 2. The van der Waals surface area contributed by atoms with Gasteiger partial charge in [0.15, 0.2) is 0 Å². The molecule has 2 N–H and O–H groups in total. The van der Waals surface area contributed by atoms with Crippen LogP contribution < -0.4 is 15.4 Å². The van der Waals surface area contributed by atoms with E-state index >= 15 is 0 Å². The standard InChI is InChI=1S/C32H28ClFN4O2S/c1-3-13-35-28(19-41-2)31-12-11-29(40-31)23-8-9-27-25(16-23)32(38-20-37-27)36-17-21-7-10-30(26(33)15-21)39-18-22-5-4-6-24(34)14-22/h1,4-12,14-16,20,28,35H,13,17-19H2,2H3,(H,36,37,38). The quantitative estimate of drug-likeness (QED) is 0.147. The van der Waals surface area contributed by atoms with Crippen LogP contribution in [0.15, 0.2) is 83.5 Å². The number of nitrogens with one attached hydrogen (secondary N) is 2. The highest BCUT2D eigenvalue weighted by Crippen LogP contribution is 2.31. The van der Waals surface area contributed by atoms with Gasteiger partial charge in [0.05, 0.1) is 23.1 Å². The normalized spacial score (nSPS) is 11.8. The number of furan rings is 1. The maximum absolute atomic E-state index is 13.4. The van der Waals surface area contributed by atoms with Crippen LogP contribution in [0.25, 0.3) is 22.2 Å². The van der Waals surface area contributed by atoms with Crippen LogP contribution in [0.4, 0.5) is 10.2 Å². The smallest absolute Gasteiger partial charge is 0.138 e. The van der Waals surface area contributed by atoms with E-state index in [-0.39, 0.29) is 18.5 Å². The van der Waals surface area contributed by atoms with Gasteiger partial charge in [0.25, 0.3) is 0 Å². The second-order valence-electron chi connectivity index (χ2n) is 9.29. The van der Waals surface area contributed by atoms with Crippen LogP contribution in [0.2, 0.25) is 5.02 Å². The van der Waals surface area contributed by atoms with Gasteiger partial charge in [-0.25, -0.2) is 14.4 Å². The zero-order valence-corrected chi connectivity index (χ0v) is 23.9. The molecule has 0 amide bonds. The number of anilines is 1. The summed E-state index contributed by atoms with van der Waals surface area (Å²) in [7, 11) is 0. The fourth-order valence-corrected chi connectivity index (χ4v) is 5.25. The van der Waals surface area contributed by atoms with E-state index in [4.69, 9.17) is 27.2 Å². The van der Waals surface area contributed by atoms with E-state index in [0.717, 1.165) is 44.9 Å². The Labute approximate surface area is 247 Å². The molecule has 5 rings (SSSR count). The fraction of sp³-hybridized carbons (Fsp3) is 0.188. The molecule has 0 saturated heterocycles. The van der Waals surface area contributed by atoms with Gasteiger partial charge in [0.2, 0.25) is 0 Å². The third-order valence-electron chi connectivity index (χ3n) is 6.41. The molecule has 5 aromatic rings. The SMILES string of the molecule is C#CCNC(CSC)c1ccc(-c2ccc3ncnc(NCc4ccc(OCc5cccc(F)c5)c(Cl)c4)c3c2)o1. The first-order valence-corrected chi connectivity index (χ1v) is 14.7. The minimum absolute atomic E-state index is 0.0285. The predicted octanol–water partition coefficient (Wildman–Crippen LogP) is 7.50. The minimum atomic E-state index is -0.301. The van der Waals surface area contributed by atoms with E-state index in [1.54, 1.807) is 23.9 Å². The topological polar surface area (TPSA) is 72.2 Å². The van der Waals surface area contributed by atoms with Gasteiger partial charge in [0.1, 0.15) is 41.8 Å². The Kier molecular flexibility index (Phi) is 9.42. The maximum Gasteiger partial charge on any atom is 0.138 e. The Morgan fingerprint density at radius 1 is 1.07 bits per heavy atom. The van der Waals surface area contributed by atoms with Crippen molar-refractivity contribution in [2.24, 2.45) is 0 Å². The highest BCUT2D eigenvalue weighted by molar-refractivity contribution is 7.98. The van der Waals surface area contributed by atoms with E-state index in [9.17, 15) is 4.39 Å². The van der Waals surface area contributed by atoms with Crippen molar-refractivity contribution in [1.29, 1.82) is 0 Å². The number of rotatable bonds is 12. The van der Waals surface area contributed by atoms with E-state index in [1.165, 1.54) is 18.5 Å². The van der Waals surface area contributed by atoms with Crippen LogP contribution >= 0.6 is 23.4 Å². The number of thioether (sulfide) groups is 1. The molecule has 2 aromatic heterocycles. The first-order chi connectivity index (χ1) is 20.0. The Morgan fingerprint density at radius 3 is 2.78 bits per heavy atom. The summed E-state index contributed by atoms with van der Waals surface area (Å²) in [4.78, 5) is 8.91. The summed E-state index contributed by atoms with van der Waals surface area (Å²) in [6.45, 7) is 1.18. The van der Waals surface area contributed by atoms with Crippen LogP contribution in [-0.2, 0) is 13.2 Å². The van der Waals surface area contributed by atoms with Gasteiger partial charge in [-0.05, 0) is 72.0 Å². The van der Waals surface area contributed by atoms with Gasteiger partial charge in [-0.3, -0.25) is 5.32 Å². The van der Waals surface area contributed by atoms with E-state index in [1.807, 2.05) is 48.5 Å². The molecule has 9 heteroatoms. The van der Waals surface area contributed by atoms with Gasteiger partial charge in [0, 0.05) is 23.2 Å². The molecule has 2 heterocycles. The Bertz CT molecular complexity index is 1690. The number of fused-ring (bicyclic) bond motifs is 1. The molecule has 3 aromatic carbocycles. The Morgan fingerprint density at radius 2 is 1.98 bits per heavy atom. The second kappa shape index (κ2) is 13.6. The summed E-state index contributed by atoms with van der Waals surface area (Å²) >= 11 is 8.21. The molecule has 0 aliphatic carbocycles. The molecule has 0 radical (unpaired) electrons. The molecule has 1 atom stereocenters. The molecule has 6 nitrogen and oxygen atoms in total. The van der Waals surface area contributed by atoms with Crippen LogP contribution in [0.3, 0.4) is 0 Å². The van der Waals surface area contributed by atoms with Gasteiger partial charge in [-0.2, -0.15) is 11.8 Å². The summed E-state index contributed by atoms with van der Waals surface area (Å²) in [5, 5.41) is 8.08. The largest absolute Gasteiger partial charge is 0.487 e. The lowest BCUT2D eigenvalue weighted by Gasteiger charge is -2.13. The molecule has 0 aliphatic heterocycles. The van der Waals surface area contributed by atoms with Gasteiger partial charge in [-0.1, -0.05) is 35.7 Å². The molecular formula is C32H28ClFN4O2S. The van der Waals surface area contributed by atoms with E-state index < -0.39 is 0 Å². The first kappa shape index (κ1) is 28.5. The van der Waals surface area contributed by atoms with Crippen LogP contribution in [-0.4, -0.2) is 28.5 Å². The zero-order valence-electron chi connectivity index (χ0n) is 22.4. The maximum atomic E-state index is 13.4. The molecule has 208 valence electrons. The third-order valence-corrected chi connectivity index (χ3v) is 7.38. The summed E-state index contributed by atoms with van der Waals surface area (Å²) in [6.07, 6.45) is 9.03. The number of nitrogens with zero attached hydrogens (tertiary/aromatic N) is 2. The Balaban J connectivity index is 1.29. The number of ether oxygens (including phenoxy) is 1. The van der Waals surface area contributed by atoms with Gasteiger partial charge in [-0.15, -0.1) is 6.42 Å². The summed E-state index contributed by atoms with van der Waals surface area (Å²) in [6, 6.07) is 21.8. The molecule has 41 heavy (non-hydrogen) atoms. The van der Waals surface area contributed by atoms with Gasteiger partial charge < -0.3 is 14.5 Å². The van der Waals surface area contributed by atoms with Crippen LogP contribution in [0.1, 0.15) is 22.9 Å². The first-order valence-electron chi connectivity index (χ1n) is 12.9. The summed E-state index contributed by atoms with van der Waals surface area (Å²) < 4.78 is 25.5. The van der Waals surface area contributed by atoms with Crippen molar-refractivity contribution in [3.8, 4) is 29.4 Å². The predicted molar refractivity (Wildman–Crippen MR) is 165 cm³/mol. The lowest BCUT2D eigenvalue weighted by atomic mass is 10.1. The highest BCUT2D eigenvalue weighted by atomic mass is 35.5. The number of terminal acetylenes is 1. The van der Waals surface area contributed by atoms with Crippen molar-refractivity contribution in [1.82, 2.24) is 15.3 Å². The number of hydrogen-bond donors (Lipinski definition) is 2. The monoisotopic (exact) mass is 586 g/mol. The average molecular weight is 587 g/mol. The second-order valence-corrected chi connectivity index (χ2v) is 10.6. The van der Waals surface area contributed by atoms with Crippen LogP contribution in [0, 0.1) is 18.2 Å². The Hall–Kier alpha value is -4.03. The number of hydrogen-bond acceptors (Lipinski definition) is 7. The molecular weight excluding hydrogens is 559 g/mol. The van der Waals surface area contributed by atoms with Crippen molar-refractivity contribution in [2.75, 3.05) is 23.9 Å². The van der Waals surface area contributed by atoms with Crippen molar-refractivity contribution in [3.63, 3.8) is 0 Å².